The number of nitrogens with one attached hydrogen (secondary N) is 2. The fraction of sp³-hybridized carbons (Fsp3) is 0.550. The average molecular weight is 430 g/mol. The maximum absolute atomic E-state index is 12.8. The first-order valence-electron chi connectivity index (χ1n) is 10.5. The molecule has 1 aliphatic heterocycles. The molecule has 2 aromatic rings. The van der Waals surface area contributed by atoms with Crippen molar-refractivity contribution in [1.82, 2.24) is 19.5 Å². The van der Waals surface area contributed by atoms with Crippen LogP contribution in [0.25, 0.3) is 0 Å². The maximum atomic E-state index is 12.8. The van der Waals surface area contributed by atoms with Gasteiger partial charge < -0.3 is 10.1 Å². The number of hydrogen-bond acceptors (Lipinski definition) is 6. The molecule has 0 bridgehead atoms. The second-order valence-electron chi connectivity index (χ2n) is 8.67. The number of fused-ring (bicyclic) bond motifs is 4. The lowest BCUT2D eigenvalue weighted by Crippen LogP contribution is -2.35. The standard InChI is InChI=1S/C20H23N5O4S/c26-19(24-30(27,28)15-11-21-25-9-2-10-29-18(15)25)23-16-12-3-1-4-14(12)22-17-13(16)5-6-20(17)7-8-20/h11H,1-10H2,(H2,22,23,24,26). The van der Waals surface area contributed by atoms with Gasteiger partial charge in [0.2, 0.25) is 5.88 Å². The zero-order valence-electron chi connectivity index (χ0n) is 16.5. The molecule has 0 atom stereocenters. The smallest absolute Gasteiger partial charge is 0.333 e. The van der Waals surface area contributed by atoms with Gasteiger partial charge >= 0.3 is 6.03 Å². The summed E-state index contributed by atoms with van der Waals surface area (Å²) < 4.78 is 34.8. The first-order valence-corrected chi connectivity index (χ1v) is 12.0. The van der Waals surface area contributed by atoms with E-state index >= 15 is 0 Å². The van der Waals surface area contributed by atoms with Gasteiger partial charge in [0.15, 0.2) is 4.90 Å². The van der Waals surface area contributed by atoms with E-state index in [1.807, 2.05) is 0 Å². The summed E-state index contributed by atoms with van der Waals surface area (Å²) in [6.07, 6.45) is 9.01. The van der Waals surface area contributed by atoms with Gasteiger partial charge in [0.25, 0.3) is 10.0 Å². The van der Waals surface area contributed by atoms with E-state index in [9.17, 15) is 13.2 Å². The molecule has 6 rings (SSSR count). The van der Waals surface area contributed by atoms with Gasteiger partial charge in [-0.1, -0.05) is 0 Å². The molecule has 3 aliphatic carbocycles. The van der Waals surface area contributed by atoms with E-state index in [0.29, 0.717) is 13.2 Å². The number of urea groups is 1. The molecule has 30 heavy (non-hydrogen) atoms. The molecule has 0 radical (unpaired) electrons. The van der Waals surface area contributed by atoms with Crippen LogP contribution in [0.2, 0.25) is 0 Å². The molecule has 4 aliphatic rings. The Balaban J connectivity index is 1.30. The summed E-state index contributed by atoms with van der Waals surface area (Å²) in [6.45, 7) is 1.02. The summed E-state index contributed by atoms with van der Waals surface area (Å²) in [5.41, 5.74) is 5.30. The summed E-state index contributed by atoms with van der Waals surface area (Å²) in [5, 5.41) is 6.93. The van der Waals surface area contributed by atoms with Gasteiger partial charge in [0, 0.05) is 24.1 Å². The Hall–Kier alpha value is -2.62. The van der Waals surface area contributed by atoms with Crippen molar-refractivity contribution in [3.05, 3.63) is 28.7 Å². The van der Waals surface area contributed by atoms with E-state index in [2.05, 4.69) is 15.1 Å². The highest BCUT2D eigenvalue weighted by atomic mass is 32.2. The number of carbonyl (C=O) groups excluding carboxylic acids is 1. The molecule has 9 nitrogen and oxygen atoms in total. The molecule has 0 saturated heterocycles. The summed E-state index contributed by atoms with van der Waals surface area (Å²) in [5.74, 6) is 0.183. The molecule has 10 heteroatoms. The predicted octanol–water partition coefficient (Wildman–Crippen LogP) is 2.04. The lowest BCUT2D eigenvalue weighted by atomic mass is 10.0. The fourth-order valence-electron chi connectivity index (χ4n) is 5.12. The summed E-state index contributed by atoms with van der Waals surface area (Å²) in [6, 6.07) is -0.759. The minimum atomic E-state index is -4.10. The third-order valence-electron chi connectivity index (χ3n) is 6.80. The number of sulfonamides is 1. The number of ether oxygens (including phenoxy) is 1. The van der Waals surface area contributed by atoms with Crippen LogP contribution in [0.1, 0.15) is 54.6 Å². The second-order valence-corrected chi connectivity index (χ2v) is 10.3. The molecule has 158 valence electrons. The number of aromatic nitrogens is 3. The van der Waals surface area contributed by atoms with Crippen molar-refractivity contribution in [1.29, 1.82) is 0 Å². The van der Waals surface area contributed by atoms with Gasteiger partial charge in [-0.25, -0.2) is 22.6 Å². The fourth-order valence-corrected chi connectivity index (χ4v) is 6.11. The minimum absolute atomic E-state index is 0.112. The van der Waals surface area contributed by atoms with Crippen molar-refractivity contribution >= 4 is 21.7 Å². The van der Waals surface area contributed by atoms with Crippen LogP contribution in [0.5, 0.6) is 5.88 Å². The molecular weight excluding hydrogens is 406 g/mol. The highest BCUT2D eigenvalue weighted by Crippen LogP contribution is 2.58. The zero-order valence-corrected chi connectivity index (χ0v) is 17.3. The number of carbonyl (C=O) groups is 1. The van der Waals surface area contributed by atoms with Crippen molar-refractivity contribution in [2.75, 3.05) is 11.9 Å². The van der Waals surface area contributed by atoms with Crippen LogP contribution in [0.15, 0.2) is 11.1 Å². The first-order chi connectivity index (χ1) is 14.5. The summed E-state index contributed by atoms with van der Waals surface area (Å²) in [7, 11) is -4.10. The molecular formula is C20H23N5O4S. The Morgan fingerprint density at radius 3 is 2.83 bits per heavy atom. The Bertz CT molecular complexity index is 1180. The lowest BCUT2D eigenvalue weighted by Gasteiger charge is -2.18. The van der Waals surface area contributed by atoms with E-state index in [-0.39, 0.29) is 16.2 Å². The van der Waals surface area contributed by atoms with Crippen LogP contribution < -0.4 is 14.8 Å². The molecule has 0 aromatic carbocycles. The molecule has 2 amide bonds. The Kier molecular flexibility index (Phi) is 3.75. The lowest BCUT2D eigenvalue weighted by molar-refractivity contribution is 0.224. The summed E-state index contributed by atoms with van der Waals surface area (Å²) >= 11 is 0. The largest absolute Gasteiger partial charge is 0.477 e. The Morgan fingerprint density at radius 2 is 2.00 bits per heavy atom. The number of amides is 2. The zero-order chi connectivity index (χ0) is 20.5. The van der Waals surface area contributed by atoms with Crippen LogP contribution in [0.4, 0.5) is 10.5 Å². The van der Waals surface area contributed by atoms with Crippen molar-refractivity contribution in [3.8, 4) is 5.88 Å². The number of hydrogen-bond donors (Lipinski definition) is 2. The quantitative estimate of drug-likeness (QED) is 0.772. The van der Waals surface area contributed by atoms with Crippen molar-refractivity contribution in [2.45, 2.75) is 68.2 Å². The third-order valence-corrected chi connectivity index (χ3v) is 8.12. The van der Waals surface area contributed by atoms with E-state index in [1.54, 1.807) is 0 Å². The number of anilines is 1. The molecule has 2 N–H and O–H groups in total. The number of aryl methyl sites for hydroxylation is 2. The number of rotatable bonds is 3. The Morgan fingerprint density at radius 1 is 1.13 bits per heavy atom. The predicted molar refractivity (Wildman–Crippen MR) is 107 cm³/mol. The van der Waals surface area contributed by atoms with E-state index in [0.717, 1.165) is 79.6 Å². The van der Waals surface area contributed by atoms with Crippen LogP contribution in [-0.2, 0) is 41.2 Å². The highest BCUT2D eigenvalue weighted by molar-refractivity contribution is 7.90. The van der Waals surface area contributed by atoms with Crippen molar-refractivity contribution in [2.24, 2.45) is 0 Å². The molecule has 2 aromatic heterocycles. The normalized spacial score (nSPS) is 20.3. The van der Waals surface area contributed by atoms with Gasteiger partial charge in [-0.2, -0.15) is 5.10 Å². The average Bonchev–Trinajstić information content (AvgIpc) is 3.06. The topological polar surface area (TPSA) is 115 Å². The second kappa shape index (κ2) is 6.19. The van der Waals surface area contributed by atoms with Crippen LogP contribution in [-0.4, -0.2) is 35.8 Å². The first kappa shape index (κ1) is 18.2. The maximum Gasteiger partial charge on any atom is 0.333 e. The van der Waals surface area contributed by atoms with Crippen LogP contribution in [0.3, 0.4) is 0 Å². The van der Waals surface area contributed by atoms with Crippen molar-refractivity contribution < 1.29 is 17.9 Å². The third kappa shape index (κ3) is 2.65. The van der Waals surface area contributed by atoms with E-state index in [1.165, 1.54) is 10.9 Å². The van der Waals surface area contributed by atoms with Crippen LogP contribution >= 0.6 is 0 Å². The molecule has 1 fully saturated rings. The van der Waals surface area contributed by atoms with Gasteiger partial charge in [-0.15, -0.1) is 0 Å². The molecule has 3 heterocycles. The summed E-state index contributed by atoms with van der Waals surface area (Å²) in [4.78, 5) is 17.6. The molecule has 1 saturated carbocycles. The SMILES string of the molecule is O=C(Nc1c2c(nc3c1CCC31CC1)CCC2)NS(=O)(=O)c1cnn2c1OCCC2. The molecule has 0 unspecified atom stereocenters. The minimum Gasteiger partial charge on any atom is -0.477 e. The van der Waals surface area contributed by atoms with E-state index < -0.39 is 16.1 Å². The van der Waals surface area contributed by atoms with Gasteiger partial charge in [0.1, 0.15) is 0 Å². The monoisotopic (exact) mass is 429 g/mol. The van der Waals surface area contributed by atoms with Gasteiger partial charge in [-0.3, -0.25) is 4.98 Å². The van der Waals surface area contributed by atoms with Crippen molar-refractivity contribution in [3.63, 3.8) is 0 Å². The van der Waals surface area contributed by atoms with E-state index in [4.69, 9.17) is 9.72 Å². The highest BCUT2D eigenvalue weighted by Gasteiger charge is 2.51. The van der Waals surface area contributed by atoms with Gasteiger partial charge in [-0.05, 0) is 56.1 Å². The molecule has 1 spiro atoms. The Labute approximate surface area is 174 Å². The van der Waals surface area contributed by atoms with Crippen LogP contribution in [0, 0.1) is 0 Å². The number of pyridine rings is 1. The van der Waals surface area contributed by atoms with Gasteiger partial charge in [0.05, 0.1) is 24.2 Å². The number of nitrogens with zero attached hydrogens (tertiary/aromatic N) is 3.